The number of para-hydroxylation sites is 1. The van der Waals surface area contributed by atoms with Crippen LogP contribution < -0.4 is 5.32 Å². The lowest BCUT2D eigenvalue weighted by Crippen LogP contribution is -2.25. The van der Waals surface area contributed by atoms with E-state index >= 15 is 0 Å². The molecule has 8 nitrogen and oxygen atoms in total. The number of carbonyl (C=O) groups excluding carboxylic acids is 1. The van der Waals surface area contributed by atoms with E-state index in [1.165, 1.54) is 11.8 Å². The molecular formula is C22H23N7OS. The van der Waals surface area contributed by atoms with Gasteiger partial charge in [-0.05, 0) is 43.3 Å². The minimum atomic E-state index is -0.265. The van der Waals surface area contributed by atoms with Crippen LogP contribution in [0.3, 0.4) is 0 Å². The Morgan fingerprint density at radius 3 is 2.39 bits per heavy atom. The molecule has 0 aliphatic heterocycles. The lowest BCUT2D eigenvalue weighted by molar-refractivity contribution is -0.113. The van der Waals surface area contributed by atoms with Crippen molar-refractivity contribution >= 4 is 23.5 Å². The van der Waals surface area contributed by atoms with Gasteiger partial charge in [-0.1, -0.05) is 60.3 Å². The summed E-state index contributed by atoms with van der Waals surface area (Å²) in [5.74, 6) is 0.619. The fraction of sp³-hybridized carbons (Fsp3) is 0.227. The summed E-state index contributed by atoms with van der Waals surface area (Å²) in [5.41, 5.74) is 2.36. The molecule has 31 heavy (non-hydrogen) atoms. The van der Waals surface area contributed by atoms with Crippen LogP contribution in [0.4, 0.5) is 5.82 Å². The number of nitrogens with zero attached hydrogens (tertiary/aromatic N) is 6. The molecule has 0 spiro atoms. The van der Waals surface area contributed by atoms with Gasteiger partial charge in [-0.25, -0.2) is 9.36 Å². The van der Waals surface area contributed by atoms with Gasteiger partial charge in [-0.2, -0.15) is 5.10 Å². The maximum atomic E-state index is 12.7. The van der Waals surface area contributed by atoms with Crippen molar-refractivity contribution in [3.05, 3.63) is 66.7 Å². The Morgan fingerprint density at radius 2 is 1.71 bits per heavy atom. The molecule has 0 aliphatic carbocycles. The molecule has 0 unspecified atom stereocenters. The van der Waals surface area contributed by atoms with E-state index in [9.17, 15) is 4.79 Å². The van der Waals surface area contributed by atoms with Crippen molar-refractivity contribution in [2.45, 2.75) is 31.5 Å². The highest BCUT2D eigenvalue weighted by molar-refractivity contribution is 7.99. The first-order valence-electron chi connectivity index (χ1n) is 9.84. The summed E-state index contributed by atoms with van der Waals surface area (Å²) in [7, 11) is 0. The van der Waals surface area contributed by atoms with Crippen molar-refractivity contribution in [2.75, 3.05) is 11.1 Å². The maximum Gasteiger partial charge on any atom is 0.236 e. The molecule has 9 heteroatoms. The summed E-state index contributed by atoms with van der Waals surface area (Å²) >= 11 is 1.30. The Hall–Kier alpha value is -3.46. The second-order valence-corrected chi connectivity index (χ2v) is 8.85. The average Bonchev–Trinajstić information content (AvgIpc) is 3.41. The van der Waals surface area contributed by atoms with Gasteiger partial charge >= 0.3 is 0 Å². The van der Waals surface area contributed by atoms with Crippen LogP contribution in [0.25, 0.3) is 16.9 Å². The third-order valence-electron chi connectivity index (χ3n) is 4.46. The van der Waals surface area contributed by atoms with Crippen LogP contribution in [0.5, 0.6) is 0 Å². The Bertz CT molecular complexity index is 1160. The summed E-state index contributed by atoms with van der Waals surface area (Å²) < 4.78 is 3.46. The van der Waals surface area contributed by atoms with E-state index in [-0.39, 0.29) is 17.2 Å². The molecule has 2 heterocycles. The van der Waals surface area contributed by atoms with Crippen molar-refractivity contribution in [1.29, 1.82) is 0 Å². The number of hydrogen-bond donors (Lipinski definition) is 1. The van der Waals surface area contributed by atoms with Gasteiger partial charge in [0.15, 0.2) is 0 Å². The molecule has 4 rings (SSSR count). The highest BCUT2D eigenvalue weighted by Crippen LogP contribution is 2.26. The highest BCUT2D eigenvalue weighted by atomic mass is 32.2. The summed E-state index contributed by atoms with van der Waals surface area (Å²) in [6, 6.07) is 21.5. The van der Waals surface area contributed by atoms with E-state index in [0.29, 0.717) is 11.0 Å². The molecule has 1 N–H and O–H groups in total. The normalized spacial score (nSPS) is 11.5. The molecule has 158 valence electrons. The van der Waals surface area contributed by atoms with Crippen LogP contribution in [-0.2, 0) is 10.3 Å². The number of benzene rings is 2. The topological polar surface area (TPSA) is 90.5 Å². The quantitative estimate of drug-likeness (QED) is 0.462. The van der Waals surface area contributed by atoms with Gasteiger partial charge < -0.3 is 5.32 Å². The first-order valence-corrected chi connectivity index (χ1v) is 10.8. The first kappa shape index (κ1) is 20.8. The fourth-order valence-electron chi connectivity index (χ4n) is 2.99. The van der Waals surface area contributed by atoms with Gasteiger partial charge in [0.1, 0.15) is 5.82 Å². The van der Waals surface area contributed by atoms with Gasteiger partial charge in [-0.15, -0.1) is 5.10 Å². The van der Waals surface area contributed by atoms with Gasteiger partial charge in [-0.3, -0.25) is 4.79 Å². The van der Waals surface area contributed by atoms with Crippen LogP contribution >= 0.6 is 11.8 Å². The fourth-order valence-corrected chi connectivity index (χ4v) is 3.84. The second kappa shape index (κ2) is 8.73. The summed E-state index contributed by atoms with van der Waals surface area (Å²) in [5, 5.41) is 20.1. The molecule has 0 atom stereocenters. The van der Waals surface area contributed by atoms with Crippen LogP contribution in [-0.4, -0.2) is 41.6 Å². The highest BCUT2D eigenvalue weighted by Gasteiger charge is 2.21. The number of rotatable bonds is 6. The minimum Gasteiger partial charge on any atom is -0.310 e. The monoisotopic (exact) mass is 433 g/mol. The minimum absolute atomic E-state index is 0.162. The largest absolute Gasteiger partial charge is 0.310 e. The predicted octanol–water partition coefficient (Wildman–Crippen LogP) is 4.01. The lowest BCUT2D eigenvalue weighted by Gasteiger charge is -2.19. The summed E-state index contributed by atoms with van der Waals surface area (Å²) in [4.78, 5) is 12.7. The molecule has 2 aromatic carbocycles. The van der Waals surface area contributed by atoms with Gasteiger partial charge in [0.2, 0.25) is 11.1 Å². The van der Waals surface area contributed by atoms with Crippen LogP contribution in [0.15, 0.2) is 71.9 Å². The number of hydrogen-bond acceptors (Lipinski definition) is 6. The Morgan fingerprint density at radius 1 is 1.03 bits per heavy atom. The smallest absolute Gasteiger partial charge is 0.236 e. The van der Waals surface area contributed by atoms with E-state index in [2.05, 4.69) is 20.8 Å². The lowest BCUT2D eigenvalue weighted by atomic mass is 10.1. The predicted molar refractivity (Wildman–Crippen MR) is 121 cm³/mol. The number of nitrogens with one attached hydrogen (secondary N) is 1. The number of thioether (sulfide) groups is 1. The van der Waals surface area contributed by atoms with E-state index in [1.807, 2.05) is 87.5 Å². The van der Waals surface area contributed by atoms with E-state index in [0.717, 1.165) is 16.9 Å². The first-order chi connectivity index (χ1) is 14.9. The Kier molecular flexibility index (Phi) is 5.85. The van der Waals surface area contributed by atoms with E-state index in [4.69, 9.17) is 5.10 Å². The van der Waals surface area contributed by atoms with Crippen molar-refractivity contribution in [1.82, 2.24) is 30.0 Å². The molecule has 0 radical (unpaired) electrons. The zero-order valence-electron chi connectivity index (χ0n) is 17.6. The standard InChI is InChI=1S/C22H23N7OS/c1-22(2,3)29-21(24-26-27-29)31-15-20(30)23-19-14-18(16-10-6-4-7-11-16)25-28(19)17-12-8-5-9-13-17/h4-14H,15H2,1-3H3,(H,23,30). The number of carbonyl (C=O) groups is 1. The molecule has 0 aliphatic rings. The van der Waals surface area contributed by atoms with Gasteiger partial charge in [0, 0.05) is 11.6 Å². The second-order valence-electron chi connectivity index (χ2n) is 7.91. The SMILES string of the molecule is CC(C)(C)n1nnnc1SCC(=O)Nc1cc(-c2ccccc2)nn1-c1ccccc1. The zero-order chi connectivity index (χ0) is 21.8. The Labute approximate surface area is 184 Å². The van der Waals surface area contributed by atoms with E-state index < -0.39 is 0 Å². The van der Waals surface area contributed by atoms with Crippen molar-refractivity contribution in [3.63, 3.8) is 0 Å². The van der Waals surface area contributed by atoms with Crippen LogP contribution in [0, 0.1) is 0 Å². The van der Waals surface area contributed by atoms with Gasteiger partial charge in [0.25, 0.3) is 0 Å². The Balaban J connectivity index is 1.55. The number of tetrazole rings is 1. The summed E-state index contributed by atoms with van der Waals surface area (Å²) in [6.07, 6.45) is 0. The van der Waals surface area contributed by atoms with E-state index in [1.54, 1.807) is 9.36 Å². The average molecular weight is 434 g/mol. The number of amides is 1. The van der Waals surface area contributed by atoms with Crippen LogP contribution in [0.2, 0.25) is 0 Å². The van der Waals surface area contributed by atoms with Crippen molar-refractivity contribution in [3.8, 4) is 16.9 Å². The van der Waals surface area contributed by atoms with Gasteiger partial charge in [0.05, 0.1) is 22.7 Å². The maximum absolute atomic E-state index is 12.7. The summed E-state index contributed by atoms with van der Waals surface area (Å²) in [6.45, 7) is 6.03. The molecule has 4 aromatic rings. The third kappa shape index (κ3) is 4.83. The number of aromatic nitrogens is 6. The molecular weight excluding hydrogens is 410 g/mol. The molecule has 0 bridgehead atoms. The third-order valence-corrected chi connectivity index (χ3v) is 5.38. The van der Waals surface area contributed by atoms with Crippen molar-refractivity contribution in [2.24, 2.45) is 0 Å². The molecule has 0 fully saturated rings. The molecule has 2 aromatic heterocycles. The molecule has 0 saturated carbocycles. The zero-order valence-corrected chi connectivity index (χ0v) is 18.4. The van der Waals surface area contributed by atoms with Crippen molar-refractivity contribution < 1.29 is 4.79 Å². The molecule has 1 amide bonds. The van der Waals surface area contributed by atoms with Crippen LogP contribution in [0.1, 0.15) is 20.8 Å². The molecule has 0 saturated heterocycles. The number of anilines is 1.